The van der Waals surface area contributed by atoms with Gasteiger partial charge in [-0.05, 0) is 56.5 Å². The van der Waals surface area contributed by atoms with Gasteiger partial charge in [0.25, 0.3) is 0 Å². The van der Waals surface area contributed by atoms with Crippen LogP contribution in [0, 0.1) is 6.92 Å². The zero-order chi connectivity index (χ0) is 25.2. The molecule has 0 bridgehead atoms. The Morgan fingerprint density at radius 3 is 2.49 bits per heavy atom. The summed E-state index contributed by atoms with van der Waals surface area (Å²) in [6.45, 7) is 7.72. The SMILES string of the molecule is Cc1cc(-c2ncnc3c2ccn3S(=O)(=O)Cc2ccccc2)ccc1CNC(=O)OC(C)(C)C. The molecule has 0 saturated heterocycles. The lowest BCUT2D eigenvalue weighted by Crippen LogP contribution is -2.32. The second-order valence-electron chi connectivity index (χ2n) is 9.31. The molecular formula is C26H28N4O4S. The summed E-state index contributed by atoms with van der Waals surface area (Å²) >= 11 is 0. The van der Waals surface area contributed by atoms with Crippen LogP contribution in [0.15, 0.2) is 67.1 Å². The van der Waals surface area contributed by atoms with Gasteiger partial charge in [0.1, 0.15) is 11.9 Å². The van der Waals surface area contributed by atoms with Gasteiger partial charge in [0, 0.05) is 23.7 Å². The number of aryl methyl sites for hydroxylation is 1. The number of hydrogen-bond donors (Lipinski definition) is 1. The van der Waals surface area contributed by atoms with Gasteiger partial charge >= 0.3 is 6.09 Å². The van der Waals surface area contributed by atoms with Crippen molar-refractivity contribution in [3.63, 3.8) is 0 Å². The first-order chi connectivity index (χ1) is 16.5. The average molecular weight is 493 g/mol. The molecule has 0 unspecified atom stereocenters. The Bertz CT molecular complexity index is 1470. The quantitative estimate of drug-likeness (QED) is 0.414. The Kier molecular flexibility index (Phi) is 6.62. The number of alkyl carbamates (subject to hydrolysis) is 1. The summed E-state index contributed by atoms with van der Waals surface area (Å²) in [6.07, 6.45) is 2.42. The Morgan fingerprint density at radius 2 is 1.80 bits per heavy atom. The maximum atomic E-state index is 13.1. The van der Waals surface area contributed by atoms with Crippen molar-refractivity contribution in [1.82, 2.24) is 19.3 Å². The van der Waals surface area contributed by atoms with Crippen molar-refractivity contribution in [1.29, 1.82) is 0 Å². The monoisotopic (exact) mass is 492 g/mol. The van der Waals surface area contributed by atoms with Crippen LogP contribution < -0.4 is 5.32 Å². The Hall–Kier alpha value is -3.72. The first kappa shape index (κ1) is 24.4. The third kappa shape index (κ3) is 5.68. The van der Waals surface area contributed by atoms with E-state index in [-0.39, 0.29) is 5.75 Å². The highest BCUT2D eigenvalue weighted by Gasteiger charge is 2.20. The predicted octanol–water partition coefficient (Wildman–Crippen LogP) is 4.81. The molecule has 0 spiro atoms. The van der Waals surface area contributed by atoms with Gasteiger partial charge in [0.2, 0.25) is 10.0 Å². The van der Waals surface area contributed by atoms with Crippen molar-refractivity contribution in [2.24, 2.45) is 0 Å². The third-order valence-corrected chi connectivity index (χ3v) is 6.97. The number of nitrogens with zero attached hydrogens (tertiary/aromatic N) is 3. The smallest absolute Gasteiger partial charge is 0.407 e. The molecule has 0 aliphatic heterocycles. The van der Waals surface area contributed by atoms with Gasteiger partial charge in [-0.1, -0.05) is 42.5 Å². The molecule has 9 heteroatoms. The van der Waals surface area contributed by atoms with Crippen LogP contribution in [0.4, 0.5) is 4.79 Å². The topological polar surface area (TPSA) is 103 Å². The number of carbonyl (C=O) groups is 1. The fourth-order valence-electron chi connectivity index (χ4n) is 3.76. The highest BCUT2D eigenvalue weighted by Crippen LogP contribution is 2.29. The third-order valence-electron chi connectivity index (χ3n) is 5.38. The molecule has 1 amide bonds. The minimum atomic E-state index is -3.66. The van der Waals surface area contributed by atoms with Gasteiger partial charge in [-0.25, -0.2) is 27.2 Å². The fraction of sp³-hybridized carbons (Fsp3) is 0.269. The Balaban J connectivity index is 1.60. The highest BCUT2D eigenvalue weighted by atomic mass is 32.2. The van der Waals surface area contributed by atoms with Crippen LogP contribution in [0.25, 0.3) is 22.3 Å². The van der Waals surface area contributed by atoms with E-state index in [1.165, 1.54) is 16.5 Å². The molecule has 0 radical (unpaired) electrons. The number of amides is 1. The Labute approximate surface area is 205 Å². The van der Waals surface area contributed by atoms with Gasteiger partial charge in [-0.2, -0.15) is 0 Å². The van der Waals surface area contributed by atoms with Gasteiger partial charge in [0.05, 0.1) is 11.4 Å². The van der Waals surface area contributed by atoms with E-state index in [0.717, 1.165) is 16.7 Å². The van der Waals surface area contributed by atoms with E-state index in [1.807, 2.05) is 64.1 Å². The van der Waals surface area contributed by atoms with Crippen LogP contribution in [-0.4, -0.2) is 34.1 Å². The highest BCUT2D eigenvalue weighted by molar-refractivity contribution is 7.89. The largest absolute Gasteiger partial charge is 0.444 e. The minimum absolute atomic E-state index is 0.130. The summed E-state index contributed by atoms with van der Waals surface area (Å²) in [4.78, 5) is 20.7. The molecule has 0 saturated carbocycles. The van der Waals surface area contributed by atoms with E-state index in [1.54, 1.807) is 18.2 Å². The van der Waals surface area contributed by atoms with E-state index in [0.29, 0.717) is 28.8 Å². The first-order valence-electron chi connectivity index (χ1n) is 11.2. The number of ether oxygens (including phenoxy) is 1. The van der Waals surface area contributed by atoms with Crippen molar-refractivity contribution >= 4 is 27.1 Å². The summed E-state index contributed by atoms with van der Waals surface area (Å²) in [5.74, 6) is -0.130. The van der Waals surface area contributed by atoms with Crippen LogP contribution in [0.1, 0.15) is 37.5 Å². The molecule has 8 nitrogen and oxygen atoms in total. The number of fused-ring (bicyclic) bond motifs is 1. The van der Waals surface area contributed by atoms with Gasteiger partial charge in [-0.15, -0.1) is 0 Å². The second kappa shape index (κ2) is 9.50. The molecule has 0 fully saturated rings. The van der Waals surface area contributed by atoms with E-state index < -0.39 is 21.7 Å². The number of aromatic nitrogens is 3. The van der Waals surface area contributed by atoms with Crippen LogP contribution in [0.2, 0.25) is 0 Å². The van der Waals surface area contributed by atoms with E-state index in [9.17, 15) is 13.2 Å². The van der Waals surface area contributed by atoms with Crippen LogP contribution in [-0.2, 0) is 27.1 Å². The lowest BCUT2D eigenvalue weighted by atomic mass is 10.0. The maximum Gasteiger partial charge on any atom is 0.407 e. The standard InChI is InChI=1S/C26H28N4O4S/c1-18-14-20(10-11-21(18)15-27-25(31)34-26(2,3)4)23-22-12-13-30(24(22)29-17-28-23)35(32,33)16-19-8-6-5-7-9-19/h5-14,17H,15-16H2,1-4H3,(H,27,31). The average Bonchev–Trinajstić information content (AvgIpc) is 3.23. The molecule has 2 heterocycles. The molecule has 4 rings (SSSR count). The summed E-state index contributed by atoms with van der Waals surface area (Å²) in [5.41, 5.74) is 3.84. The molecule has 182 valence electrons. The van der Waals surface area contributed by atoms with Gasteiger partial charge < -0.3 is 10.1 Å². The predicted molar refractivity (Wildman–Crippen MR) is 135 cm³/mol. The van der Waals surface area contributed by atoms with Crippen LogP contribution in [0.5, 0.6) is 0 Å². The lowest BCUT2D eigenvalue weighted by molar-refractivity contribution is 0.0523. The number of benzene rings is 2. The normalized spacial score (nSPS) is 12.0. The molecule has 2 aromatic carbocycles. The molecule has 0 aliphatic rings. The molecule has 0 aliphatic carbocycles. The van der Waals surface area contributed by atoms with Crippen molar-refractivity contribution < 1.29 is 17.9 Å². The number of hydrogen-bond acceptors (Lipinski definition) is 6. The van der Waals surface area contributed by atoms with Gasteiger partial charge in [-0.3, -0.25) is 0 Å². The summed E-state index contributed by atoms with van der Waals surface area (Å²) in [6, 6.07) is 16.5. The number of nitrogens with one attached hydrogen (secondary N) is 1. The maximum absolute atomic E-state index is 13.1. The number of carbonyl (C=O) groups excluding carboxylic acids is 1. The number of rotatable bonds is 6. The van der Waals surface area contributed by atoms with Gasteiger partial charge in [0.15, 0.2) is 5.65 Å². The van der Waals surface area contributed by atoms with Crippen molar-refractivity contribution in [2.75, 3.05) is 0 Å². The molecule has 2 aromatic heterocycles. The van der Waals surface area contributed by atoms with E-state index in [2.05, 4.69) is 15.3 Å². The zero-order valence-electron chi connectivity index (χ0n) is 20.1. The van der Waals surface area contributed by atoms with E-state index in [4.69, 9.17) is 4.74 Å². The molecular weight excluding hydrogens is 464 g/mol. The fourth-order valence-corrected chi connectivity index (χ4v) is 5.17. The lowest BCUT2D eigenvalue weighted by Gasteiger charge is -2.20. The van der Waals surface area contributed by atoms with E-state index >= 15 is 0 Å². The molecule has 1 N–H and O–H groups in total. The first-order valence-corrected chi connectivity index (χ1v) is 12.8. The minimum Gasteiger partial charge on any atom is -0.444 e. The second-order valence-corrected chi connectivity index (χ2v) is 11.2. The molecule has 35 heavy (non-hydrogen) atoms. The summed E-state index contributed by atoms with van der Waals surface area (Å²) < 4.78 is 32.7. The summed E-state index contributed by atoms with van der Waals surface area (Å²) in [5, 5.41) is 3.41. The Morgan fingerprint density at radius 1 is 1.06 bits per heavy atom. The van der Waals surface area contributed by atoms with Crippen molar-refractivity contribution in [3.8, 4) is 11.3 Å². The summed E-state index contributed by atoms with van der Waals surface area (Å²) in [7, 11) is -3.66. The zero-order valence-corrected chi connectivity index (χ0v) is 21.0. The van der Waals surface area contributed by atoms with Crippen LogP contribution in [0.3, 0.4) is 0 Å². The van der Waals surface area contributed by atoms with Crippen molar-refractivity contribution in [3.05, 3.63) is 83.8 Å². The van der Waals surface area contributed by atoms with Crippen LogP contribution >= 0.6 is 0 Å². The van der Waals surface area contributed by atoms with Crippen molar-refractivity contribution in [2.45, 2.75) is 45.6 Å². The molecule has 0 atom stereocenters. The molecule has 4 aromatic rings.